The van der Waals surface area contributed by atoms with E-state index in [0.29, 0.717) is 0 Å². The maximum Gasteiger partial charge on any atom is 0.137 e. The first-order valence-corrected chi connectivity index (χ1v) is 18.7. The van der Waals surface area contributed by atoms with E-state index in [1.807, 2.05) is 30.3 Å². The van der Waals surface area contributed by atoms with Crippen molar-refractivity contribution in [2.45, 2.75) is 0 Å². The van der Waals surface area contributed by atoms with Gasteiger partial charge in [-0.05, 0) is 105 Å². The van der Waals surface area contributed by atoms with Crippen molar-refractivity contribution < 1.29 is 8.83 Å². The zero-order valence-electron chi connectivity index (χ0n) is 29.8. The average molecular weight is 704 g/mol. The highest BCUT2D eigenvalue weighted by Crippen LogP contribution is 2.44. The van der Waals surface area contributed by atoms with Crippen LogP contribution in [0.4, 0.5) is 17.1 Å². The monoisotopic (exact) mass is 703 g/mol. The molecule has 0 unspecified atom stereocenters. The summed E-state index contributed by atoms with van der Waals surface area (Å²) >= 11 is 0. The van der Waals surface area contributed by atoms with Gasteiger partial charge in [-0.1, -0.05) is 133 Å². The molecule has 2 aromatic heterocycles. The van der Waals surface area contributed by atoms with Crippen molar-refractivity contribution >= 4 is 71.7 Å². The second-order valence-corrected chi connectivity index (χ2v) is 14.1. The lowest BCUT2D eigenvalue weighted by molar-refractivity contribution is 0.669. The summed E-state index contributed by atoms with van der Waals surface area (Å²) in [5.41, 5.74) is 13.7. The fraction of sp³-hybridized carbons (Fsp3) is 0. The molecule has 11 rings (SSSR count). The van der Waals surface area contributed by atoms with Crippen LogP contribution in [0.25, 0.3) is 88.0 Å². The van der Waals surface area contributed by atoms with Crippen LogP contribution in [0.2, 0.25) is 0 Å². The average Bonchev–Trinajstić information content (AvgIpc) is 3.83. The fourth-order valence-corrected chi connectivity index (χ4v) is 8.13. The summed E-state index contributed by atoms with van der Waals surface area (Å²) in [6.45, 7) is 0. The number of benzene rings is 9. The van der Waals surface area contributed by atoms with Crippen LogP contribution in [0.15, 0.2) is 209 Å². The Bertz CT molecular complexity index is 3200. The maximum absolute atomic E-state index is 6.38. The summed E-state index contributed by atoms with van der Waals surface area (Å²) in [7, 11) is 0. The molecule has 9 aromatic carbocycles. The Kier molecular flexibility index (Phi) is 7.17. The fourth-order valence-electron chi connectivity index (χ4n) is 8.13. The molecule has 0 aliphatic heterocycles. The van der Waals surface area contributed by atoms with Crippen molar-refractivity contribution in [3.63, 3.8) is 0 Å². The van der Waals surface area contributed by atoms with Crippen LogP contribution in [0.5, 0.6) is 0 Å². The van der Waals surface area contributed by atoms with E-state index in [1.54, 1.807) is 0 Å². The number of para-hydroxylation sites is 2. The van der Waals surface area contributed by atoms with Gasteiger partial charge in [-0.15, -0.1) is 0 Å². The molecule has 3 nitrogen and oxygen atoms in total. The van der Waals surface area contributed by atoms with E-state index in [-0.39, 0.29) is 0 Å². The van der Waals surface area contributed by atoms with Crippen molar-refractivity contribution in [2.75, 3.05) is 4.90 Å². The molecule has 3 heteroatoms. The first-order chi connectivity index (χ1) is 27.2. The quantitative estimate of drug-likeness (QED) is 0.173. The van der Waals surface area contributed by atoms with Crippen LogP contribution in [0, 0.1) is 0 Å². The van der Waals surface area contributed by atoms with E-state index in [0.717, 1.165) is 66.5 Å². The summed E-state index contributed by atoms with van der Waals surface area (Å²) in [4.78, 5) is 2.31. The van der Waals surface area contributed by atoms with E-state index in [1.165, 1.54) is 38.6 Å². The van der Waals surface area contributed by atoms with Gasteiger partial charge < -0.3 is 13.7 Å². The predicted molar refractivity (Wildman–Crippen MR) is 229 cm³/mol. The SMILES string of the molecule is c1cc(-c2ccc(-c3ccc(N(c4ccc5c(c4)oc4ccccc45)c4cccc5oc6ccccc6c45)cc3)cc2)cc(-c2ccc3ccccc3c2)c1. The first kappa shape index (κ1) is 31.2. The van der Waals surface area contributed by atoms with Crippen molar-refractivity contribution in [1.29, 1.82) is 0 Å². The van der Waals surface area contributed by atoms with Gasteiger partial charge in [0, 0.05) is 33.6 Å². The molecule has 0 fully saturated rings. The number of hydrogen-bond donors (Lipinski definition) is 0. The van der Waals surface area contributed by atoms with Crippen LogP contribution in [-0.4, -0.2) is 0 Å². The highest BCUT2D eigenvalue weighted by molar-refractivity contribution is 6.14. The molecule has 0 aliphatic rings. The minimum Gasteiger partial charge on any atom is -0.456 e. The van der Waals surface area contributed by atoms with Crippen LogP contribution in [-0.2, 0) is 0 Å². The van der Waals surface area contributed by atoms with E-state index < -0.39 is 0 Å². The Morgan fingerprint density at radius 1 is 0.291 bits per heavy atom. The third-order valence-corrected chi connectivity index (χ3v) is 10.9. The zero-order valence-corrected chi connectivity index (χ0v) is 29.8. The Morgan fingerprint density at radius 3 is 1.62 bits per heavy atom. The van der Waals surface area contributed by atoms with Gasteiger partial charge in [-0.3, -0.25) is 0 Å². The molecule has 0 N–H and O–H groups in total. The Morgan fingerprint density at radius 2 is 0.818 bits per heavy atom. The molecule has 0 atom stereocenters. The van der Waals surface area contributed by atoms with Crippen molar-refractivity contribution in [1.82, 2.24) is 0 Å². The molecule has 55 heavy (non-hydrogen) atoms. The predicted octanol–water partition coefficient (Wildman–Crippen LogP) is 15.1. The summed E-state index contributed by atoms with van der Waals surface area (Å²) in [5, 5.41) is 6.89. The van der Waals surface area contributed by atoms with Crippen molar-refractivity contribution in [2.24, 2.45) is 0 Å². The molecule has 0 saturated carbocycles. The van der Waals surface area contributed by atoms with E-state index in [9.17, 15) is 0 Å². The lowest BCUT2D eigenvalue weighted by atomic mass is 9.96. The highest BCUT2D eigenvalue weighted by atomic mass is 16.3. The van der Waals surface area contributed by atoms with Crippen LogP contribution in [0.3, 0.4) is 0 Å². The summed E-state index contributed by atoms with van der Waals surface area (Å²) in [6, 6.07) is 71.0. The van der Waals surface area contributed by atoms with Crippen LogP contribution < -0.4 is 4.90 Å². The van der Waals surface area contributed by atoms with Crippen molar-refractivity contribution in [3.8, 4) is 33.4 Å². The number of hydrogen-bond acceptors (Lipinski definition) is 3. The van der Waals surface area contributed by atoms with E-state index in [4.69, 9.17) is 8.83 Å². The topological polar surface area (TPSA) is 29.5 Å². The third-order valence-electron chi connectivity index (χ3n) is 10.9. The molecule has 0 aliphatic carbocycles. The number of fused-ring (bicyclic) bond motifs is 7. The molecule has 0 bridgehead atoms. The number of nitrogens with zero attached hydrogens (tertiary/aromatic N) is 1. The smallest absolute Gasteiger partial charge is 0.137 e. The molecule has 0 amide bonds. The minimum absolute atomic E-state index is 0.854. The molecular formula is C52H33NO2. The Balaban J connectivity index is 0.960. The highest BCUT2D eigenvalue weighted by Gasteiger charge is 2.20. The maximum atomic E-state index is 6.38. The van der Waals surface area contributed by atoms with Gasteiger partial charge in [0.2, 0.25) is 0 Å². The minimum atomic E-state index is 0.854. The van der Waals surface area contributed by atoms with Gasteiger partial charge in [-0.25, -0.2) is 0 Å². The summed E-state index contributed by atoms with van der Waals surface area (Å²) in [5.74, 6) is 0. The zero-order chi connectivity index (χ0) is 36.3. The molecule has 2 heterocycles. The van der Waals surface area contributed by atoms with Crippen LogP contribution in [0.1, 0.15) is 0 Å². The second-order valence-electron chi connectivity index (χ2n) is 14.1. The lowest BCUT2D eigenvalue weighted by Gasteiger charge is -2.26. The van der Waals surface area contributed by atoms with E-state index >= 15 is 0 Å². The third kappa shape index (κ3) is 5.36. The normalized spacial score (nSPS) is 11.6. The van der Waals surface area contributed by atoms with Gasteiger partial charge >= 0.3 is 0 Å². The molecule has 11 aromatic rings. The summed E-state index contributed by atoms with van der Waals surface area (Å²) in [6.07, 6.45) is 0. The second kappa shape index (κ2) is 12.6. The summed E-state index contributed by atoms with van der Waals surface area (Å²) < 4.78 is 12.7. The van der Waals surface area contributed by atoms with Gasteiger partial charge in [0.1, 0.15) is 22.3 Å². The Hall–Kier alpha value is -7.36. The largest absolute Gasteiger partial charge is 0.456 e. The standard InChI is InChI=1S/C52H33NO2/c1-2-10-38-32-41(24-23-34(38)9-1)40-12-7-11-39(31-40)37-21-19-35(20-22-37)36-25-27-42(28-26-36)53(43-29-30-45-44-13-3-5-16-48(44)55-51(45)33-43)47-15-8-18-50-52(47)46-14-4-6-17-49(46)54-50/h1-33H. The van der Waals surface area contributed by atoms with Crippen LogP contribution >= 0.6 is 0 Å². The molecule has 0 radical (unpaired) electrons. The van der Waals surface area contributed by atoms with Crippen molar-refractivity contribution in [3.05, 3.63) is 200 Å². The molecule has 0 saturated heterocycles. The number of furan rings is 2. The molecule has 0 spiro atoms. The van der Waals surface area contributed by atoms with Gasteiger partial charge in [-0.2, -0.15) is 0 Å². The molecule has 258 valence electrons. The van der Waals surface area contributed by atoms with Gasteiger partial charge in [0.25, 0.3) is 0 Å². The van der Waals surface area contributed by atoms with E-state index in [2.05, 4.69) is 175 Å². The number of rotatable bonds is 6. The lowest BCUT2D eigenvalue weighted by Crippen LogP contribution is -2.10. The number of anilines is 3. The van der Waals surface area contributed by atoms with Gasteiger partial charge in [0.05, 0.1) is 11.1 Å². The van der Waals surface area contributed by atoms with Gasteiger partial charge in [0.15, 0.2) is 0 Å². The first-order valence-electron chi connectivity index (χ1n) is 18.7. The molecular weight excluding hydrogens is 671 g/mol. The Labute approximate surface area is 317 Å².